The molecular formula is C17H24N2O3. The molecule has 5 heteroatoms. The molecule has 0 aliphatic carbocycles. The van der Waals surface area contributed by atoms with Gasteiger partial charge in [0.1, 0.15) is 5.75 Å². The summed E-state index contributed by atoms with van der Waals surface area (Å²) in [5.41, 5.74) is 0.573. The number of carbonyl (C=O) groups is 2. The molecule has 0 saturated heterocycles. The molecule has 2 amide bonds. The third-order valence-corrected chi connectivity index (χ3v) is 3.34. The third-order valence-electron chi connectivity index (χ3n) is 3.34. The molecule has 1 atom stereocenters. The Morgan fingerprint density at radius 3 is 2.64 bits per heavy atom. The number of hydrogen-bond donors (Lipinski definition) is 2. The van der Waals surface area contributed by atoms with E-state index in [2.05, 4.69) is 31.4 Å². The molecule has 1 unspecified atom stereocenters. The van der Waals surface area contributed by atoms with Crippen molar-refractivity contribution in [3.8, 4) is 5.75 Å². The minimum atomic E-state index is -0.496. The normalized spacial score (nSPS) is 12.2. The third kappa shape index (κ3) is 6.43. The number of allylic oxidation sites excluding steroid dienone is 1. The summed E-state index contributed by atoms with van der Waals surface area (Å²) in [6.45, 7) is 8.61. The van der Waals surface area contributed by atoms with E-state index in [4.69, 9.17) is 4.74 Å². The Morgan fingerprint density at radius 2 is 2.00 bits per heavy atom. The topological polar surface area (TPSA) is 67.4 Å². The lowest BCUT2D eigenvalue weighted by molar-refractivity contribution is -0.111. The molecule has 1 rings (SSSR count). The summed E-state index contributed by atoms with van der Waals surface area (Å²) >= 11 is 0. The maximum atomic E-state index is 11.7. The number of hydrogen-bond acceptors (Lipinski definition) is 3. The fraction of sp³-hybridized carbons (Fsp3) is 0.412. The van der Waals surface area contributed by atoms with Gasteiger partial charge in [0.15, 0.2) is 0 Å². The highest BCUT2D eigenvalue weighted by Crippen LogP contribution is 2.17. The van der Waals surface area contributed by atoms with Crippen molar-refractivity contribution < 1.29 is 14.3 Å². The van der Waals surface area contributed by atoms with E-state index in [1.807, 2.05) is 0 Å². The molecule has 0 heterocycles. The zero-order valence-corrected chi connectivity index (χ0v) is 13.6. The molecule has 0 radical (unpaired) electrons. The number of nitrogens with one attached hydrogen (secondary N) is 2. The van der Waals surface area contributed by atoms with Crippen molar-refractivity contribution >= 4 is 17.7 Å². The van der Waals surface area contributed by atoms with E-state index in [-0.39, 0.29) is 5.91 Å². The Labute approximate surface area is 131 Å². The van der Waals surface area contributed by atoms with Crippen LogP contribution in [0.5, 0.6) is 5.75 Å². The monoisotopic (exact) mass is 304 g/mol. The average molecular weight is 304 g/mol. The van der Waals surface area contributed by atoms with Gasteiger partial charge in [0.25, 0.3) is 0 Å². The molecule has 0 aromatic heterocycles. The van der Waals surface area contributed by atoms with Gasteiger partial charge in [-0.05, 0) is 37.0 Å². The number of benzene rings is 1. The van der Waals surface area contributed by atoms with Gasteiger partial charge in [-0.15, -0.1) is 0 Å². The van der Waals surface area contributed by atoms with Gasteiger partial charge in [-0.2, -0.15) is 0 Å². The Balaban J connectivity index is 2.55. The second-order valence-corrected chi connectivity index (χ2v) is 5.51. The summed E-state index contributed by atoms with van der Waals surface area (Å²) in [4.78, 5) is 23.2. The van der Waals surface area contributed by atoms with Crippen LogP contribution >= 0.6 is 0 Å². The molecule has 0 spiro atoms. The number of rotatable bonds is 6. The van der Waals surface area contributed by atoms with Crippen LogP contribution in [0, 0.1) is 11.8 Å². The zero-order chi connectivity index (χ0) is 16.5. The van der Waals surface area contributed by atoms with Gasteiger partial charge in [0.05, 0.1) is 0 Å². The average Bonchev–Trinajstić information content (AvgIpc) is 2.45. The first-order valence-electron chi connectivity index (χ1n) is 7.41. The van der Waals surface area contributed by atoms with Gasteiger partial charge in [-0.25, -0.2) is 4.79 Å². The molecule has 0 aliphatic rings. The number of ether oxygens (including phenoxy) is 1. The lowest BCUT2D eigenvalue weighted by Crippen LogP contribution is -2.32. The first-order valence-corrected chi connectivity index (χ1v) is 7.41. The Kier molecular flexibility index (Phi) is 7.16. The second kappa shape index (κ2) is 8.87. The van der Waals surface area contributed by atoms with Crippen LogP contribution in [0.3, 0.4) is 0 Å². The van der Waals surface area contributed by atoms with Crippen molar-refractivity contribution in [2.75, 3.05) is 11.9 Å². The molecule has 1 aromatic carbocycles. The van der Waals surface area contributed by atoms with Crippen LogP contribution < -0.4 is 15.4 Å². The largest absolute Gasteiger partial charge is 0.412 e. The highest BCUT2D eigenvalue weighted by Gasteiger charge is 2.10. The summed E-state index contributed by atoms with van der Waals surface area (Å²) in [5, 5.41) is 5.42. The van der Waals surface area contributed by atoms with Crippen LogP contribution in [0.25, 0.3) is 0 Å². The molecule has 2 N–H and O–H groups in total. The SMILES string of the molecule is CC=CC(=O)Nc1cccc(OC(=O)NCC(C)C(C)C)c1. The lowest BCUT2D eigenvalue weighted by Gasteiger charge is -2.16. The van der Waals surface area contributed by atoms with E-state index >= 15 is 0 Å². The van der Waals surface area contributed by atoms with Crippen molar-refractivity contribution in [3.05, 3.63) is 36.4 Å². The van der Waals surface area contributed by atoms with E-state index in [0.29, 0.717) is 29.8 Å². The highest BCUT2D eigenvalue weighted by molar-refractivity contribution is 5.99. The van der Waals surface area contributed by atoms with Gasteiger partial charge in [-0.3, -0.25) is 4.79 Å². The molecule has 22 heavy (non-hydrogen) atoms. The van der Waals surface area contributed by atoms with Gasteiger partial charge in [0, 0.05) is 18.3 Å². The Hall–Kier alpha value is -2.30. The number of anilines is 1. The van der Waals surface area contributed by atoms with Crippen LogP contribution in [0.15, 0.2) is 36.4 Å². The summed E-state index contributed by atoms with van der Waals surface area (Å²) in [5.74, 6) is 1.02. The van der Waals surface area contributed by atoms with E-state index in [1.54, 1.807) is 37.3 Å². The van der Waals surface area contributed by atoms with E-state index in [1.165, 1.54) is 6.08 Å². The highest BCUT2D eigenvalue weighted by atomic mass is 16.6. The molecule has 1 aromatic rings. The predicted molar refractivity (Wildman–Crippen MR) is 87.9 cm³/mol. The summed E-state index contributed by atoms with van der Waals surface area (Å²) in [7, 11) is 0. The smallest absolute Gasteiger partial charge is 0.410 e. The number of amides is 2. The fourth-order valence-corrected chi connectivity index (χ4v) is 1.60. The molecular weight excluding hydrogens is 280 g/mol. The maximum Gasteiger partial charge on any atom is 0.412 e. The van der Waals surface area contributed by atoms with E-state index in [0.717, 1.165) is 0 Å². The van der Waals surface area contributed by atoms with Crippen molar-refractivity contribution in [1.82, 2.24) is 5.32 Å². The van der Waals surface area contributed by atoms with Crippen LogP contribution in [0.2, 0.25) is 0 Å². The first kappa shape index (κ1) is 17.8. The van der Waals surface area contributed by atoms with E-state index in [9.17, 15) is 9.59 Å². The van der Waals surface area contributed by atoms with Crippen molar-refractivity contribution in [2.45, 2.75) is 27.7 Å². The van der Waals surface area contributed by atoms with E-state index < -0.39 is 6.09 Å². The van der Waals surface area contributed by atoms with Crippen LogP contribution in [0.4, 0.5) is 10.5 Å². The Morgan fingerprint density at radius 1 is 1.27 bits per heavy atom. The van der Waals surface area contributed by atoms with Gasteiger partial charge >= 0.3 is 6.09 Å². The van der Waals surface area contributed by atoms with Crippen LogP contribution in [0.1, 0.15) is 27.7 Å². The van der Waals surface area contributed by atoms with Crippen LogP contribution in [-0.4, -0.2) is 18.5 Å². The summed E-state index contributed by atoms with van der Waals surface area (Å²) in [6.07, 6.45) is 2.58. The van der Waals surface area contributed by atoms with Gasteiger partial charge < -0.3 is 15.4 Å². The molecule has 0 aliphatic heterocycles. The van der Waals surface area contributed by atoms with Crippen molar-refractivity contribution in [2.24, 2.45) is 11.8 Å². The van der Waals surface area contributed by atoms with Gasteiger partial charge in [-0.1, -0.05) is 32.9 Å². The molecule has 5 nitrogen and oxygen atoms in total. The van der Waals surface area contributed by atoms with Crippen molar-refractivity contribution in [1.29, 1.82) is 0 Å². The summed E-state index contributed by atoms with van der Waals surface area (Å²) < 4.78 is 5.21. The Bertz CT molecular complexity index is 538. The van der Waals surface area contributed by atoms with Gasteiger partial charge in [0.2, 0.25) is 5.91 Å². The quantitative estimate of drug-likeness (QED) is 0.789. The second-order valence-electron chi connectivity index (χ2n) is 5.51. The first-order chi connectivity index (χ1) is 10.4. The fourth-order valence-electron chi connectivity index (χ4n) is 1.60. The molecule has 0 bridgehead atoms. The molecule has 120 valence electrons. The maximum absolute atomic E-state index is 11.7. The zero-order valence-electron chi connectivity index (χ0n) is 13.6. The summed E-state index contributed by atoms with van der Waals surface area (Å²) in [6, 6.07) is 6.71. The van der Waals surface area contributed by atoms with Crippen molar-refractivity contribution in [3.63, 3.8) is 0 Å². The predicted octanol–water partition coefficient (Wildman–Crippen LogP) is 3.58. The minimum Gasteiger partial charge on any atom is -0.410 e. The lowest BCUT2D eigenvalue weighted by atomic mass is 9.98. The molecule has 0 saturated carbocycles. The minimum absolute atomic E-state index is 0.227. The standard InChI is InChI=1S/C17H24N2O3/c1-5-7-16(20)19-14-8-6-9-15(10-14)22-17(21)18-11-13(4)12(2)3/h5-10,12-13H,11H2,1-4H3,(H,18,21)(H,19,20). The molecule has 0 fully saturated rings. The number of carbonyl (C=O) groups excluding carboxylic acids is 2. The van der Waals surface area contributed by atoms with Crippen LogP contribution in [-0.2, 0) is 4.79 Å².